The zero-order valence-electron chi connectivity index (χ0n) is 9.38. The highest BCUT2D eigenvalue weighted by atomic mass is 35.5. The molecule has 2 rings (SSSR count). The minimum absolute atomic E-state index is 0.0358. The monoisotopic (exact) mass is 301 g/mol. The van der Waals surface area contributed by atoms with E-state index in [1.54, 1.807) is 0 Å². The molecule has 0 spiro atoms. The molecule has 98 valence electrons. The number of nitrogen functional groups attached to an aromatic ring is 1. The van der Waals surface area contributed by atoms with Crippen molar-refractivity contribution in [3.05, 3.63) is 63.1 Å². The molecule has 0 unspecified atom stereocenters. The molecule has 2 aromatic rings. The number of carbonyl (C=O) groups is 1. The summed E-state index contributed by atoms with van der Waals surface area (Å²) < 4.78 is 26.6. The van der Waals surface area contributed by atoms with Crippen molar-refractivity contribution in [3.8, 4) is 0 Å². The van der Waals surface area contributed by atoms with Crippen molar-refractivity contribution >= 4 is 34.7 Å². The second kappa shape index (κ2) is 5.15. The quantitative estimate of drug-likeness (QED) is 0.671. The number of carbonyl (C=O) groups excluding carboxylic acids is 1. The maximum absolute atomic E-state index is 13.5. The van der Waals surface area contributed by atoms with Gasteiger partial charge in [-0.25, -0.2) is 8.78 Å². The summed E-state index contributed by atoms with van der Waals surface area (Å²) in [6, 6.07) is 5.14. The summed E-state index contributed by atoms with van der Waals surface area (Å²) in [6.07, 6.45) is 0. The molecule has 0 heterocycles. The topological polar surface area (TPSA) is 43.1 Å². The third-order valence-corrected chi connectivity index (χ3v) is 3.14. The van der Waals surface area contributed by atoms with Gasteiger partial charge < -0.3 is 5.73 Å². The number of nitrogens with two attached hydrogens (primary N) is 1. The van der Waals surface area contributed by atoms with Crippen LogP contribution in [0, 0.1) is 11.6 Å². The Bertz CT molecular complexity index is 651. The van der Waals surface area contributed by atoms with Crippen molar-refractivity contribution in [1.82, 2.24) is 0 Å². The fourth-order valence-corrected chi connectivity index (χ4v) is 2.03. The van der Waals surface area contributed by atoms with Crippen molar-refractivity contribution in [1.29, 1.82) is 0 Å². The highest BCUT2D eigenvalue weighted by molar-refractivity contribution is 6.39. The predicted molar refractivity (Wildman–Crippen MR) is 70.7 cm³/mol. The van der Waals surface area contributed by atoms with Crippen LogP contribution in [0.15, 0.2) is 30.3 Å². The lowest BCUT2D eigenvalue weighted by atomic mass is 10.0. The second-order valence-corrected chi connectivity index (χ2v) is 4.62. The summed E-state index contributed by atoms with van der Waals surface area (Å²) >= 11 is 11.6. The van der Waals surface area contributed by atoms with Gasteiger partial charge in [-0.05, 0) is 30.3 Å². The summed E-state index contributed by atoms with van der Waals surface area (Å²) in [5.41, 5.74) is 5.30. The van der Waals surface area contributed by atoms with E-state index in [1.807, 2.05) is 0 Å². The third-order valence-electron chi connectivity index (χ3n) is 2.51. The number of anilines is 1. The fourth-order valence-electron chi connectivity index (χ4n) is 1.54. The molecule has 6 heteroatoms. The minimum Gasteiger partial charge on any atom is -0.396 e. The molecule has 0 aliphatic carbocycles. The zero-order chi connectivity index (χ0) is 14.2. The fraction of sp³-hybridized carbons (Fsp3) is 0. The lowest BCUT2D eigenvalue weighted by Crippen LogP contribution is -2.06. The smallest absolute Gasteiger partial charge is 0.196 e. The standard InChI is InChI=1S/C13H7Cl2F2NO/c14-9-3-6(4-10(15)12(9)18)13(19)8-5-7(16)1-2-11(8)17/h1-5H,18H2. The van der Waals surface area contributed by atoms with Crippen molar-refractivity contribution in [2.45, 2.75) is 0 Å². The molecule has 0 amide bonds. The van der Waals surface area contributed by atoms with Crippen LogP contribution in [0.3, 0.4) is 0 Å². The van der Waals surface area contributed by atoms with E-state index in [-0.39, 0.29) is 21.3 Å². The van der Waals surface area contributed by atoms with Crippen LogP contribution in [0.2, 0.25) is 10.0 Å². The van der Waals surface area contributed by atoms with E-state index < -0.39 is 23.0 Å². The maximum atomic E-state index is 13.5. The second-order valence-electron chi connectivity index (χ2n) is 3.81. The maximum Gasteiger partial charge on any atom is 0.196 e. The lowest BCUT2D eigenvalue weighted by Gasteiger charge is -2.07. The molecule has 2 nitrogen and oxygen atoms in total. The summed E-state index contributed by atoms with van der Waals surface area (Å²) in [7, 11) is 0. The first-order chi connectivity index (χ1) is 8.90. The number of hydrogen-bond donors (Lipinski definition) is 1. The molecule has 19 heavy (non-hydrogen) atoms. The minimum atomic E-state index is -0.824. The van der Waals surface area contributed by atoms with E-state index in [2.05, 4.69) is 0 Å². The van der Waals surface area contributed by atoms with Crippen LogP contribution in [0.4, 0.5) is 14.5 Å². The van der Waals surface area contributed by atoms with E-state index in [1.165, 1.54) is 12.1 Å². The average molecular weight is 302 g/mol. The molecule has 0 aliphatic heterocycles. The van der Waals surface area contributed by atoms with Gasteiger partial charge in [-0.2, -0.15) is 0 Å². The van der Waals surface area contributed by atoms with Crippen molar-refractivity contribution in [2.75, 3.05) is 5.73 Å². The van der Waals surface area contributed by atoms with Crippen LogP contribution in [0.5, 0.6) is 0 Å². The van der Waals surface area contributed by atoms with Crippen LogP contribution < -0.4 is 5.73 Å². The summed E-state index contributed by atoms with van der Waals surface area (Å²) in [4.78, 5) is 12.1. The van der Waals surface area contributed by atoms with E-state index in [4.69, 9.17) is 28.9 Å². The molecule has 0 saturated heterocycles. The molecular formula is C13H7Cl2F2NO. The van der Waals surface area contributed by atoms with Gasteiger partial charge in [-0.15, -0.1) is 0 Å². The predicted octanol–water partition coefficient (Wildman–Crippen LogP) is 4.08. The van der Waals surface area contributed by atoms with E-state index in [0.717, 1.165) is 18.2 Å². The highest BCUT2D eigenvalue weighted by Gasteiger charge is 2.17. The number of hydrogen-bond acceptors (Lipinski definition) is 2. The number of benzene rings is 2. The molecule has 0 saturated carbocycles. The third kappa shape index (κ3) is 2.69. The molecule has 0 fully saturated rings. The molecular weight excluding hydrogens is 295 g/mol. The van der Waals surface area contributed by atoms with E-state index in [0.29, 0.717) is 0 Å². The Labute approximate surface area is 117 Å². The molecule has 0 atom stereocenters. The SMILES string of the molecule is Nc1c(Cl)cc(C(=O)c2cc(F)ccc2F)cc1Cl. The Morgan fingerprint density at radius 3 is 2.21 bits per heavy atom. The van der Waals surface area contributed by atoms with Crippen LogP contribution in [-0.4, -0.2) is 5.78 Å². The van der Waals surface area contributed by atoms with Gasteiger partial charge in [0.2, 0.25) is 0 Å². The summed E-state index contributed by atoms with van der Waals surface area (Å²) in [5, 5.41) is 0.153. The lowest BCUT2D eigenvalue weighted by molar-refractivity contribution is 0.103. The number of rotatable bonds is 2. The van der Waals surface area contributed by atoms with Crippen molar-refractivity contribution < 1.29 is 13.6 Å². The largest absolute Gasteiger partial charge is 0.396 e. The van der Waals surface area contributed by atoms with Crippen LogP contribution in [-0.2, 0) is 0 Å². The highest BCUT2D eigenvalue weighted by Crippen LogP contribution is 2.30. The first kappa shape index (κ1) is 13.8. The van der Waals surface area contributed by atoms with Gasteiger partial charge in [0.15, 0.2) is 5.78 Å². The first-order valence-corrected chi connectivity index (χ1v) is 5.90. The van der Waals surface area contributed by atoms with Gasteiger partial charge in [-0.3, -0.25) is 4.79 Å². The first-order valence-electron chi connectivity index (χ1n) is 5.14. The molecule has 0 radical (unpaired) electrons. The number of ketones is 1. The molecule has 0 bridgehead atoms. The van der Waals surface area contributed by atoms with Crippen LogP contribution in [0.25, 0.3) is 0 Å². The van der Waals surface area contributed by atoms with Crippen LogP contribution >= 0.6 is 23.2 Å². The average Bonchev–Trinajstić information content (AvgIpc) is 2.37. The molecule has 2 aromatic carbocycles. The van der Waals surface area contributed by atoms with Gasteiger partial charge in [0, 0.05) is 5.56 Å². The Balaban J connectivity index is 2.53. The van der Waals surface area contributed by atoms with E-state index >= 15 is 0 Å². The van der Waals surface area contributed by atoms with Gasteiger partial charge in [0.25, 0.3) is 0 Å². The number of halogens is 4. The molecule has 0 aliphatic rings. The molecule has 0 aromatic heterocycles. The zero-order valence-corrected chi connectivity index (χ0v) is 10.9. The molecule has 2 N–H and O–H groups in total. The normalized spacial score (nSPS) is 10.5. The summed E-state index contributed by atoms with van der Waals surface area (Å²) in [6.45, 7) is 0. The van der Waals surface area contributed by atoms with Gasteiger partial charge in [0.1, 0.15) is 11.6 Å². The Kier molecular flexibility index (Phi) is 3.73. The van der Waals surface area contributed by atoms with Crippen molar-refractivity contribution in [2.24, 2.45) is 0 Å². The van der Waals surface area contributed by atoms with Gasteiger partial charge >= 0.3 is 0 Å². The Hall–Kier alpha value is -1.65. The van der Waals surface area contributed by atoms with Crippen LogP contribution in [0.1, 0.15) is 15.9 Å². The van der Waals surface area contributed by atoms with E-state index in [9.17, 15) is 13.6 Å². The Morgan fingerprint density at radius 1 is 1.05 bits per heavy atom. The Morgan fingerprint density at radius 2 is 1.63 bits per heavy atom. The van der Waals surface area contributed by atoms with Crippen molar-refractivity contribution in [3.63, 3.8) is 0 Å². The van der Waals surface area contributed by atoms with Gasteiger partial charge in [0.05, 0.1) is 21.3 Å². The summed E-state index contributed by atoms with van der Waals surface area (Å²) in [5.74, 6) is -2.26. The van der Waals surface area contributed by atoms with Gasteiger partial charge in [-0.1, -0.05) is 23.2 Å².